The number of esters is 2. The summed E-state index contributed by atoms with van der Waals surface area (Å²) in [6.07, 6.45) is -1.05. The minimum atomic E-state index is -1.05. The van der Waals surface area contributed by atoms with E-state index in [-0.39, 0.29) is 11.8 Å². The molecule has 0 saturated carbocycles. The average molecular weight is 515 g/mol. The first kappa shape index (κ1) is 27.5. The monoisotopic (exact) mass is 514 g/mol. The van der Waals surface area contributed by atoms with Gasteiger partial charge in [-0.3, -0.25) is 9.59 Å². The normalized spacial score (nSPS) is 17.6. The van der Waals surface area contributed by atoms with E-state index in [9.17, 15) is 14.4 Å². The third kappa shape index (κ3) is 6.79. The number of amides is 1. The van der Waals surface area contributed by atoms with Crippen LogP contribution in [-0.2, 0) is 19.1 Å². The molecule has 0 fully saturated rings. The highest BCUT2D eigenvalue weighted by Gasteiger charge is 2.41. The van der Waals surface area contributed by atoms with Crippen LogP contribution in [0.2, 0.25) is 0 Å². The second-order valence-electron chi connectivity index (χ2n) is 9.31. The molecule has 2 aromatic rings. The van der Waals surface area contributed by atoms with Crippen molar-refractivity contribution in [3.05, 3.63) is 53.6 Å². The number of nitrogens with zero attached hydrogens (tertiary/aromatic N) is 2. The van der Waals surface area contributed by atoms with Crippen molar-refractivity contribution in [2.45, 2.75) is 37.0 Å². The van der Waals surface area contributed by atoms with Crippen LogP contribution in [0, 0.1) is 5.92 Å². The molecule has 1 amide bonds. The van der Waals surface area contributed by atoms with E-state index in [1.54, 1.807) is 24.1 Å². The van der Waals surface area contributed by atoms with Crippen LogP contribution in [0.25, 0.3) is 0 Å². The Morgan fingerprint density at radius 3 is 2.39 bits per heavy atom. The molecule has 1 aliphatic rings. The van der Waals surface area contributed by atoms with Gasteiger partial charge in [0.1, 0.15) is 5.75 Å². The molecule has 0 aromatic heterocycles. The van der Waals surface area contributed by atoms with Crippen LogP contribution in [0.1, 0.15) is 41.9 Å². The minimum absolute atomic E-state index is 0.207. The first-order valence-corrected chi connectivity index (χ1v) is 12.7. The molecule has 1 heterocycles. The van der Waals surface area contributed by atoms with E-state index in [1.807, 2.05) is 63.2 Å². The van der Waals surface area contributed by atoms with E-state index < -0.39 is 23.3 Å². The van der Waals surface area contributed by atoms with Gasteiger partial charge in [-0.2, -0.15) is 0 Å². The van der Waals surface area contributed by atoms with Gasteiger partial charge in [0.15, 0.2) is 6.10 Å². The van der Waals surface area contributed by atoms with E-state index in [4.69, 9.17) is 14.2 Å². The Bertz CT molecular complexity index is 1090. The molecule has 36 heavy (non-hydrogen) atoms. The number of hydrogen-bond acceptors (Lipinski definition) is 8. The summed E-state index contributed by atoms with van der Waals surface area (Å²) in [6.45, 7) is 6.49. The molecule has 9 heteroatoms. The third-order valence-electron chi connectivity index (χ3n) is 5.58. The second kappa shape index (κ2) is 12.3. The summed E-state index contributed by atoms with van der Waals surface area (Å²) in [4.78, 5) is 43.1. The predicted molar refractivity (Wildman–Crippen MR) is 140 cm³/mol. The first-order chi connectivity index (χ1) is 17.1. The minimum Gasteiger partial charge on any atom is -0.497 e. The summed E-state index contributed by atoms with van der Waals surface area (Å²) in [6, 6.07) is 12.6. The third-order valence-corrected chi connectivity index (χ3v) is 6.95. The maximum Gasteiger partial charge on any atom is 0.338 e. The molecule has 3 rings (SSSR count). The molecule has 2 atom stereocenters. The smallest absolute Gasteiger partial charge is 0.338 e. The Labute approximate surface area is 216 Å². The van der Waals surface area contributed by atoms with E-state index in [1.165, 1.54) is 18.7 Å². The molecule has 1 aliphatic heterocycles. The molecular formula is C27H34N2O6S. The van der Waals surface area contributed by atoms with Crippen molar-refractivity contribution in [1.29, 1.82) is 0 Å². The van der Waals surface area contributed by atoms with Crippen LogP contribution in [-0.4, -0.2) is 69.8 Å². The Balaban J connectivity index is 2.09. The highest BCUT2D eigenvalue weighted by Crippen LogP contribution is 2.47. The molecule has 0 N–H and O–H groups in total. The van der Waals surface area contributed by atoms with Crippen molar-refractivity contribution in [3.8, 4) is 5.75 Å². The van der Waals surface area contributed by atoms with Gasteiger partial charge in [0, 0.05) is 24.9 Å². The number of fused-ring (bicyclic) bond motifs is 1. The molecule has 8 nitrogen and oxygen atoms in total. The second-order valence-corrected chi connectivity index (χ2v) is 10.5. The van der Waals surface area contributed by atoms with Crippen molar-refractivity contribution < 1.29 is 28.6 Å². The molecule has 194 valence electrons. The molecule has 0 radical (unpaired) electrons. The fourth-order valence-corrected chi connectivity index (χ4v) is 5.04. The Kier molecular flexibility index (Phi) is 9.39. The van der Waals surface area contributed by atoms with Gasteiger partial charge in [-0.05, 0) is 55.9 Å². The van der Waals surface area contributed by atoms with E-state index in [0.29, 0.717) is 36.7 Å². The summed E-state index contributed by atoms with van der Waals surface area (Å²) < 4.78 is 16.3. The Hall–Kier alpha value is -3.04. The lowest BCUT2D eigenvalue weighted by Crippen LogP contribution is -2.45. The predicted octanol–water partition coefficient (Wildman–Crippen LogP) is 4.18. The van der Waals surface area contributed by atoms with Crippen molar-refractivity contribution >= 4 is 35.3 Å². The lowest BCUT2D eigenvalue weighted by molar-refractivity contribution is -0.152. The van der Waals surface area contributed by atoms with Crippen LogP contribution < -0.4 is 9.64 Å². The maximum absolute atomic E-state index is 13.9. The van der Waals surface area contributed by atoms with E-state index in [0.717, 1.165) is 10.5 Å². The number of carbonyl (C=O) groups is 3. The number of benzene rings is 2. The quantitative estimate of drug-likeness (QED) is 0.461. The van der Waals surface area contributed by atoms with Crippen LogP contribution in [0.4, 0.5) is 5.69 Å². The van der Waals surface area contributed by atoms with E-state index in [2.05, 4.69) is 0 Å². The zero-order valence-corrected chi connectivity index (χ0v) is 22.5. The zero-order valence-electron chi connectivity index (χ0n) is 21.6. The van der Waals surface area contributed by atoms with Gasteiger partial charge in [-0.15, -0.1) is 11.8 Å². The van der Waals surface area contributed by atoms with Gasteiger partial charge in [0.2, 0.25) is 0 Å². The topological polar surface area (TPSA) is 85.4 Å². The number of anilines is 1. The Morgan fingerprint density at radius 1 is 1.11 bits per heavy atom. The summed E-state index contributed by atoms with van der Waals surface area (Å²) in [7, 11) is 5.42. The highest BCUT2D eigenvalue weighted by atomic mass is 32.2. The average Bonchev–Trinajstić information content (AvgIpc) is 2.95. The molecule has 0 bridgehead atoms. The van der Waals surface area contributed by atoms with Crippen LogP contribution in [0.5, 0.6) is 5.75 Å². The van der Waals surface area contributed by atoms with Crippen molar-refractivity contribution in [2.75, 3.05) is 45.8 Å². The van der Waals surface area contributed by atoms with Crippen molar-refractivity contribution in [2.24, 2.45) is 5.92 Å². The largest absolute Gasteiger partial charge is 0.497 e. The highest BCUT2D eigenvalue weighted by molar-refractivity contribution is 7.99. The number of rotatable bonds is 9. The molecule has 0 spiro atoms. The molecule has 2 aromatic carbocycles. The molecule has 0 unspecified atom stereocenters. The molecule has 0 saturated heterocycles. The summed E-state index contributed by atoms with van der Waals surface area (Å²) in [5.41, 5.74) is 1.78. The zero-order chi connectivity index (χ0) is 26.4. The summed E-state index contributed by atoms with van der Waals surface area (Å²) in [5.74, 6) is -0.428. The van der Waals surface area contributed by atoms with Crippen LogP contribution in [0.15, 0.2) is 47.4 Å². The van der Waals surface area contributed by atoms with Gasteiger partial charge < -0.3 is 24.0 Å². The Morgan fingerprint density at radius 2 is 1.81 bits per heavy atom. The van der Waals surface area contributed by atoms with Gasteiger partial charge >= 0.3 is 11.9 Å². The number of carbonyl (C=O) groups excluding carboxylic acids is 3. The van der Waals surface area contributed by atoms with E-state index >= 15 is 0 Å². The standard InChI is InChI=1S/C27H34N2O6S/c1-17(2)16-34-27(32)20-9-12-23-22(15-20)29(14-13-28(4)5)26(31)24(35-18(3)30)25(36-23)19-7-10-21(33-6)11-8-19/h7-12,15,17,24-25H,13-14,16H2,1-6H3/t24-,25+/m1/s1. The fourth-order valence-electron chi connectivity index (χ4n) is 3.74. The number of hydrogen-bond donors (Lipinski definition) is 0. The van der Waals surface area contributed by atoms with Crippen LogP contribution in [0.3, 0.4) is 0 Å². The number of likely N-dealkylation sites (N-methyl/N-ethyl adjacent to an activating group) is 1. The van der Waals surface area contributed by atoms with Crippen molar-refractivity contribution in [1.82, 2.24) is 4.90 Å². The maximum atomic E-state index is 13.9. The van der Waals surface area contributed by atoms with Gasteiger partial charge in [-0.25, -0.2) is 4.79 Å². The molecular weight excluding hydrogens is 480 g/mol. The summed E-state index contributed by atoms with van der Waals surface area (Å²) >= 11 is 1.43. The van der Waals surface area contributed by atoms with Gasteiger partial charge in [0.05, 0.1) is 30.2 Å². The SMILES string of the molecule is COc1ccc([C@@H]2Sc3ccc(C(=O)OCC(C)C)cc3N(CCN(C)C)C(=O)[C@@H]2OC(C)=O)cc1. The fraction of sp³-hybridized carbons (Fsp3) is 0.444. The van der Waals surface area contributed by atoms with Gasteiger partial charge in [-0.1, -0.05) is 26.0 Å². The number of ether oxygens (including phenoxy) is 3. The summed E-state index contributed by atoms with van der Waals surface area (Å²) in [5, 5.41) is -0.492. The first-order valence-electron chi connectivity index (χ1n) is 11.9. The lowest BCUT2D eigenvalue weighted by Gasteiger charge is -2.28. The van der Waals surface area contributed by atoms with Gasteiger partial charge in [0.25, 0.3) is 5.91 Å². The van der Waals surface area contributed by atoms with Crippen molar-refractivity contribution in [3.63, 3.8) is 0 Å². The number of thioether (sulfide) groups is 1. The lowest BCUT2D eigenvalue weighted by atomic mass is 10.1. The van der Waals surface area contributed by atoms with Crippen LogP contribution >= 0.6 is 11.8 Å². The number of methoxy groups -OCH3 is 1. The molecule has 0 aliphatic carbocycles.